The molecule has 1 atom stereocenters. The van der Waals surface area contributed by atoms with Gasteiger partial charge in [0, 0.05) is 17.5 Å². The molecule has 4 nitrogen and oxygen atoms in total. The predicted octanol–water partition coefficient (Wildman–Crippen LogP) is 11.7. The molecule has 3 rings (SSSR count). The molecule has 1 aliphatic rings. The molecule has 0 amide bonds. The number of hydrogen-bond acceptors (Lipinski definition) is 4. The van der Waals surface area contributed by atoms with Crippen molar-refractivity contribution in [3.8, 4) is 11.5 Å². The van der Waals surface area contributed by atoms with Crippen LogP contribution in [-0.4, -0.2) is 6.10 Å². The molecular formula is C37H59O4P. The summed E-state index contributed by atoms with van der Waals surface area (Å²) in [6.45, 7) is 30.9. The number of benzene rings is 2. The van der Waals surface area contributed by atoms with Gasteiger partial charge in [-0.3, -0.25) is 4.52 Å². The highest BCUT2D eigenvalue weighted by molar-refractivity contribution is 7.49. The average molecular weight is 599 g/mol. The summed E-state index contributed by atoms with van der Waals surface area (Å²) in [5.41, 5.74) is 6.00. The van der Waals surface area contributed by atoms with Crippen LogP contribution < -0.4 is 9.05 Å². The second-order valence-corrected chi connectivity index (χ2v) is 18.0. The smallest absolute Gasteiger partial charge is 0.394 e. The molecule has 0 fully saturated rings. The Labute approximate surface area is 257 Å². The van der Waals surface area contributed by atoms with Crippen LogP contribution in [0.4, 0.5) is 0 Å². The molecule has 0 N–H and O–H groups in total. The van der Waals surface area contributed by atoms with Crippen molar-refractivity contribution in [2.24, 2.45) is 0 Å². The summed E-state index contributed by atoms with van der Waals surface area (Å²) in [4.78, 5) is 0. The van der Waals surface area contributed by atoms with Gasteiger partial charge in [-0.1, -0.05) is 140 Å². The van der Waals surface area contributed by atoms with Crippen LogP contribution in [0.15, 0.2) is 24.3 Å². The van der Waals surface area contributed by atoms with Crippen molar-refractivity contribution < 1.29 is 18.1 Å². The topological polar surface area (TPSA) is 44.8 Å². The molecule has 1 heterocycles. The van der Waals surface area contributed by atoms with E-state index in [2.05, 4.69) is 121 Å². The van der Waals surface area contributed by atoms with Crippen molar-refractivity contribution >= 4 is 7.82 Å². The van der Waals surface area contributed by atoms with E-state index in [1.165, 1.54) is 11.1 Å². The predicted molar refractivity (Wildman–Crippen MR) is 179 cm³/mol. The number of phosphoric ester groups is 1. The highest BCUT2D eigenvalue weighted by atomic mass is 31.2. The Kier molecular flexibility index (Phi) is 10.2. The van der Waals surface area contributed by atoms with Crippen molar-refractivity contribution in [2.75, 3.05) is 0 Å². The van der Waals surface area contributed by atoms with Gasteiger partial charge in [-0.25, -0.2) is 4.57 Å². The van der Waals surface area contributed by atoms with Crippen LogP contribution >= 0.6 is 7.82 Å². The lowest BCUT2D eigenvalue weighted by Gasteiger charge is -2.35. The van der Waals surface area contributed by atoms with Crippen LogP contribution in [0.1, 0.15) is 162 Å². The molecular weight excluding hydrogens is 539 g/mol. The van der Waals surface area contributed by atoms with Crippen LogP contribution in [0.2, 0.25) is 0 Å². The van der Waals surface area contributed by atoms with Crippen LogP contribution in [-0.2, 0) is 37.2 Å². The summed E-state index contributed by atoms with van der Waals surface area (Å²) in [5, 5.41) is 0. The average Bonchev–Trinajstić information content (AvgIpc) is 2.80. The molecule has 1 aliphatic heterocycles. The summed E-state index contributed by atoms with van der Waals surface area (Å²) in [6, 6.07) is 8.98. The van der Waals surface area contributed by atoms with Gasteiger partial charge in [0.2, 0.25) is 0 Å². The summed E-state index contributed by atoms with van der Waals surface area (Å²) in [5.74, 6) is 1.29. The van der Waals surface area contributed by atoms with Gasteiger partial charge in [-0.15, -0.1) is 0 Å². The van der Waals surface area contributed by atoms with E-state index in [4.69, 9.17) is 13.6 Å². The second-order valence-electron chi connectivity index (χ2n) is 16.5. The summed E-state index contributed by atoms with van der Waals surface area (Å²) >= 11 is 0. The molecule has 2 aromatic rings. The molecule has 0 aliphatic carbocycles. The Hall–Kier alpha value is -1.77. The third-order valence-corrected chi connectivity index (χ3v) is 9.60. The minimum Gasteiger partial charge on any atom is -0.394 e. The number of fused-ring (bicyclic) bond motifs is 2. The third kappa shape index (κ3) is 8.23. The Morgan fingerprint density at radius 2 is 1.10 bits per heavy atom. The molecule has 0 saturated heterocycles. The van der Waals surface area contributed by atoms with E-state index in [9.17, 15) is 0 Å². The van der Waals surface area contributed by atoms with Gasteiger partial charge in [0.05, 0.1) is 6.10 Å². The number of unbranched alkanes of at least 4 members (excludes halogenated alkanes) is 1. The molecule has 0 saturated carbocycles. The minimum absolute atomic E-state index is 0.0624. The van der Waals surface area contributed by atoms with E-state index >= 15 is 4.57 Å². The van der Waals surface area contributed by atoms with Crippen molar-refractivity contribution in [1.82, 2.24) is 0 Å². The van der Waals surface area contributed by atoms with Gasteiger partial charge in [0.25, 0.3) is 0 Å². The van der Waals surface area contributed by atoms with E-state index in [1.54, 1.807) is 0 Å². The van der Waals surface area contributed by atoms with Crippen molar-refractivity contribution in [3.05, 3.63) is 57.6 Å². The van der Waals surface area contributed by atoms with Gasteiger partial charge >= 0.3 is 7.82 Å². The first-order valence-electron chi connectivity index (χ1n) is 16.1. The molecule has 1 unspecified atom stereocenters. The van der Waals surface area contributed by atoms with Crippen LogP contribution in [0.3, 0.4) is 0 Å². The monoisotopic (exact) mass is 598 g/mol. The molecule has 0 spiro atoms. The van der Waals surface area contributed by atoms with E-state index < -0.39 is 7.82 Å². The van der Waals surface area contributed by atoms with E-state index in [1.807, 2.05) is 0 Å². The standard InChI is InChI=1S/C37H59O4P/c1-15-17-19-29(18-16-2)39-42(38)40-32-25(21-27(34(3,4)5)23-30(32)36(9,10)11)20-26-22-28(35(6,7)8)24-31(33(26)41-42)37(12,13)14/h21-24,29H,15-20H2,1-14H3. The fraction of sp³-hybridized carbons (Fsp3) is 0.676. The Morgan fingerprint density at radius 3 is 1.43 bits per heavy atom. The van der Waals surface area contributed by atoms with Crippen molar-refractivity contribution in [3.63, 3.8) is 0 Å². The Morgan fingerprint density at radius 1 is 0.667 bits per heavy atom. The van der Waals surface area contributed by atoms with E-state index in [-0.39, 0.29) is 27.8 Å². The van der Waals surface area contributed by atoms with Crippen LogP contribution in [0.25, 0.3) is 0 Å². The third-order valence-electron chi connectivity index (χ3n) is 8.24. The Bertz CT molecular complexity index is 1210. The lowest BCUT2D eigenvalue weighted by molar-refractivity contribution is 0.124. The fourth-order valence-electron chi connectivity index (χ4n) is 5.51. The largest absolute Gasteiger partial charge is 0.587 e. The molecule has 42 heavy (non-hydrogen) atoms. The summed E-state index contributed by atoms with van der Waals surface area (Å²) in [6.07, 6.45) is 5.04. The first kappa shape index (κ1) is 34.7. The maximum Gasteiger partial charge on any atom is 0.587 e. The number of phosphoric acid groups is 1. The summed E-state index contributed by atoms with van der Waals surface area (Å²) in [7, 11) is -4.08. The number of rotatable bonds is 7. The zero-order valence-corrected chi connectivity index (χ0v) is 30.1. The van der Waals surface area contributed by atoms with Gasteiger partial charge < -0.3 is 9.05 Å². The molecule has 0 radical (unpaired) electrons. The number of hydrogen-bond donors (Lipinski definition) is 0. The molecule has 0 bridgehead atoms. The van der Waals surface area contributed by atoms with Crippen molar-refractivity contribution in [1.29, 1.82) is 0 Å². The lowest BCUT2D eigenvalue weighted by atomic mass is 9.76. The highest BCUT2D eigenvalue weighted by Gasteiger charge is 2.42. The van der Waals surface area contributed by atoms with E-state index in [0.29, 0.717) is 17.9 Å². The quantitative estimate of drug-likeness (QED) is 0.297. The first-order valence-corrected chi connectivity index (χ1v) is 17.6. The van der Waals surface area contributed by atoms with Crippen LogP contribution in [0, 0.1) is 0 Å². The second kappa shape index (κ2) is 12.3. The van der Waals surface area contributed by atoms with E-state index in [0.717, 1.165) is 54.4 Å². The highest BCUT2D eigenvalue weighted by Crippen LogP contribution is 2.58. The molecule has 236 valence electrons. The minimum atomic E-state index is -4.08. The van der Waals surface area contributed by atoms with Gasteiger partial charge in [0.15, 0.2) is 0 Å². The normalized spacial score (nSPS) is 16.4. The zero-order chi connectivity index (χ0) is 31.9. The molecule has 5 heteroatoms. The maximum absolute atomic E-state index is 15.0. The van der Waals surface area contributed by atoms with Crippen LogP contribution in [0.5, 0.6) is 11.5 Å². The van der Waals surface area contributed by atoms with Gasteiger partial charge in [0.1, 0.15) is 11.5 Å². The lowest BCUT2D eigenvalue weighted by Crippen LogP contribution is -2.24. The summed E-state index contributed by atoms with van der Waals surface area (Å²) < 4.78 is 34.8. The molecule has 0 aromatic heterocycles. The maximum atomic E-state index is 15.0. The van der Waals surface area contributed by atoms with Gasteiger partial charge in [-0.2, -0.15) is 0 Å². The molecule has 2 aromatic carbocycles. The SMILES string of the molecule is CCCCC(CCC)OP1(=O)Oc2c(cc(C(C)(C)C)cc2C(C)(C)C)Cc2cc(C(C)(C)C)cc(C(C)(C)C)c2O1. The van der Waals surface area contributed by atoms with Gasteiger partial charge in [-0.05, 0) is 56.8 Å². The Balaban J connectivity index is 2.43. The zero-order valence-electron chi connectivity index (χ0n) is 29.2. The van der Waals surface area contributed by atoms with Crippen molar-refractivity contribution in [2.45, 2.75) is 163 Å². The fourth-order valence-corrected chi connectivity index (χ4v) is 7.09. The first-order chi connectivity index (χ1) is 19.1.